The molecule has 10 heteroatoms. The molecular formula is C22H24Cl2N4O4. The van der Waals surface area contributed by atoms with Gasteiger partial charge in [0.05, 0.1) is 0 Å². The summed E-state index contributed by atoms with van der Waals surface area (Å²) in [6.45, 7) is 0.707. The summed E-state index contributed by atoms with van der Waals surface area (Å²) in [7, 11) is 0. The van der Waals surface area contributed by atoms with Gasteiger partial charge >= 0.3 is 0 Å². The monoisotopic (exact) mass is 478 g/mol. The van der Waals surface area contributed by atoms with Crippen LogP contribution in [0.3, 0.4) is 0 Å². The number of halogens is 2. The van der Waals surface area contributed by atoms with E-state index in [4.69, 9.17) is 31.4 Å². The summed E-state index contributed by atoms with van der Waals surface area (Å²) in [6, 6.07) is 21.8. The number of oxime groups is 2. The van der Waals surface area contributed by atoms with E-state index in [2.05, 4.69) is 10.3 Å². The molecule has 0 unspecified atom stereocenters. The summed E-state index contributed by atoms with van der Waals surface area (Å²) >= 11 is 0. The fraction of sp³-hybridized carbons (Fsp3) is 0.0909. The molecule has 0 saturated carbocycles. The van der Waals surface area contributed by atoms with Crippen molar-refractivity contribution in [1.82, 2.24) is 0 Å². The molecule has 32 heavy (non-hydrogen) atoms. The lowest BCUT2D eigenvalue weighted by Crippen LogP contribution is -2.13. The maximum atomic E-state index is 8.79. The fourth-order valence-electron chi connectivity index (χ4n) is 2.75. The molecule has 3 aromatic rings. The highest BCUT2D eigenvalue weighted by molar-refractivity contribution is 5.97. The van der Waals surface area contributed by atoms with Crippen molar-refractivity contribution in [2.24, 2.45) is 21.8 Å². The molecule has 3 rings (SSSR count). The molecule has 8 nitrogen and oxygen atoms in total. The van der Waals surface area contributed by atoms with Gasteiger partial charge in [0.1, 0.15) is 24.7 Å². The van der Waals surface area contributed by atoms with Gasteiger partial charge in [-0.05, 0) is 41.5 Å². The minimum atomic E-state index is 0. The average Bonchev–Trinajstić information content (AvgIpc) is 2.81. The first-order chi connectivity index (χ1) is 14.6. The van der Waals surface area contributed by atoms with Gasteiger partial charge in [0.15, 0.2) is 11.7 Å². The molecule has 0 spiro atoms. The Morgan fingerprint density at radius 3 is 1.47 bits per heavy atom. The molecule has 170 valence electrons. The molecule has 0 bridgehead atoms. The van der Waals surface area contributed by atoms with Gasteiger partial charge < -0.3 is 31.4 Å². The lowest BCUT2D eigenvalue weighted by molar-refractivity contribution is 0.299. The smallest absolute Gasteiger partial charge is 0.170 e. The Hall–Kier alpha value is -3.62. The normalized spacial score (nSPS) is 11.1. The van der Waals surface area contributed by atoms with Crippen molar-refractivity contribution in [3.8, 4) is 11.5 Å². The zero-order valence-corrected chi connectivity index (χ0v) is 18.6. The minimum absolute atomic E-state index is 0. The van der Waals surface area contributed by atoms with Gasteiger partial charge in [-0.1, -0.05) is 52.8 Å². The second-order valence-corrected chi connectivity index (χ2v) is 6.42. The Kier molecular flexibility index (Phi) is 10.7. The molecule has 0 radical (unpaired) electrons. The largest absolute Gasteiger partial charge is 0.489 e. The van der Waals surface area contributed by atoms with Crippen LogP contribution in [0.25, 0.3) is 0 Å². The number of amidine groups is 2. The molecule has 0 aromatic heterocycles. The summed E-state index contributed by atoms with van der Waals surface area (Å²) in [5.41, 5.74) is 14.3. The first kappa shape index (κ1) is 26.4. The van der Waals surface area contributed by atoms with Crippen molar-refractivity contribution in [2.75, 3.05) is 0 Å². The molecule has 0 saturated heterocycles. The third-order valence-corrected chi connectivity index (χ3v) is 4.28. The van der Waals surface area contributed by atoms with Crippen LogP contribution >= 0.6 is 24.8 Å². The van der Waals surface area contributed by atoms with Crippen LogP contribution in [0.2, 0.25) is 0 Å². The SMILES string of the molecule is Cl.Cl.N/C(=N\O)c1cccc(OCc2cccc(COc3cccc(/C(N)=N/O)c3)c2)c1. The van der Waals surface area contributed by atoms with Crippen molar-refractivity contribution in [3.05, 3.63) is 95.1 Å². The van der Waals surface area contributed by atoms with Crippen molar-refractivity contribution >= 4 is 36.5 Å². The highest BCUT2D eigenvalue weighted by atomic mass is 35.5. The van der Waals surface area contributed by atoms with Crippen LogP contribution in [0.4, 0.5) is 0 Å². The molecule has 3 aromatic carbocycles. The third-order valence-electron chi connectivity index (χ3n) is 4.28. The maximum absolute atomic E-state index is 8.79. The van der Waals surface area contributed by atoms with Crippen LogP contribution < -0.4 is 20.9 Å². The number of ether oxygens (including phenoxy) is 2. The van der Waals surface area contributed by atoms with E-state index in [0.29, 0.717) is 35.8 Å². The van der Waals surface area contributed by atoms with Crippen molar-refractivity contribution < 1.29 is 19.9 Å². The summed E-state index contributed by atoms with van der Waals surface area (Å²) in [5.74, 6) is 1.27. The summed E-state index contributed by atoms with van der Waals surface area (Å²) in [4.78, 5) is 0. The summed E-state index contributed by atoms with van der Waals surface area (Å²) in [5, 5.41) is 23.6. The van der Waals surface area contributed by atoms with Crippen molar-refractivity contribution in [3.63, 3.8) is 0 Å². The van der Waals surface area contributed by atoms with Gasteiger partial charge in [-0.2, -0.15) is 0 Å². The lowest BCUT2D eigenvalue weighted by Gasteiger charge is -2.10. The van der Waals surface area contributed by atoms with Crippen molar-refractivity contribution in [1.29, 1.82) is 0 Å². The van der Waals surface area contributed by atoms with Crippen LogP contribution in [0.1, 0.15) is 22.3 Å². The second-order valence-electron chi connectivity index (χ2n) is 6.42. The Bertz CT molecular complexity index is 996. The molecule has 0 heterocycles. The zero-order valence-electron chi connectivity index (χ0n) is 16.9. The third kappa shape index (κ3) is 7.26. The molecule has 0 aliphatic carbocycles. The van der Waals surface area contributed by atoms with E-state index in [-0.39, 0.29) is 36.5 Å². The Morgan fingerprint density at radius 1 is 0.656 bits per heavy atom. The van der Waals surface area contributed by atoms with Crippen LogP contribution in [0, 0.1) is 0 Å². The summed E-state index contributed by atoms with van der Waals surface area (Å²) < 4.78 is 11.6. The highest BCUT2D eigenvalue weighted by Crippen LogP contribution is 2.18. The first-order valence-corrected chi connectivity index (χ1v) is 9.08. The number of benzene rings is 3. The Balaban J connectivity index is 0.00000256. The average molecular weight is 479 g/mol. The predicted octanol–water partition coefficient (Wildman–Crippen LogP) is 3.88. The number of rotatable bonds is 8. The molecule has 0 atom stereocenters. The van der Waals surface area contributed by atoms with E-state index in [0.717, 1.165) is 11.1 Å². The van der Waals surface area contributed by atoms with E-state index in [1.54, 1.807) is 48.5 Å². The first-order valence-electron chi connectivity index (χ1n) is 9.08. The van der Waals surface area contributed by atoms with E-state index >= 15 is 0 Å². The second kappa shape index (κ2) is 12.9. The van der Waals surface area contributed by atoms with Gasteiger partial charge in [-0.3, -0.25) is 0 Å². The molecule has 0 fully saturated rings. The number of nitrogens with zero attached hydrogens (tertiary/aromatic N) is 2. The number of hydrogen-bond donors (Lipinski definition) is 4. The standard InChI is InChI=1S/C22H22N4O4.2ClH/c23-21(25-27)17-6-2-8-19(11-17)29-13-15-4-1-5-16(10-15)14-30-20-9-3-7-18(12-20)22(24)26-28;;/h1-12,27-28H,13-14H2,(H2,23,25)(H2,24,26);2*1H. The fourth-order valence-corrected chi connectivity index (χ4v) is 2.75. The zero-order chi connectivity index (χ0) is 21.3. The predicted molar refractivity (Wildman–Crippen MR) is 128 cm³/mol. The van der Waals surface area contributed by atoms with Crippen LogP contribution in [-0.2, 0) is 13.2 Å². The van der Waals surface area contributed by atoms with E-state index < -0.39 is 0 Å². The molecule has 0 amide bonds. The van der Waals surface area contributed by atoms with E-state index in [1.807, 2.05) is 24.3 Å². The highest BCUT2D eigenvalue weighted by Gasteiger charge is 2.04. The Labute approximate surface area is 198 Å². The molecule has 0 aliphatic heterocycles. The topological polar surface area (TPSA) is 136 Å². The number of hydrogen-bond acceptors (Lipinski definition) is 6. The molecular weight excluding hydrogens is 455 g/mol. The quantitative estimate of drug-likeness (QED) is 0.168. The molecule has 0 aliphatic rings. The Morgan fingerprint density at radius 2 is 1.06 bits per heavy atom. The lowest BCUT2D eigenvalue weighted by atomic mass is 10.1. The summed E-state index contributed by atoms with van der Waals surface area (Å²) in [6.07, 6.45) is 0. The van der Waals surface area contributed by atoms with Crippen LogP contribution in [0.15, 0.2) is 83.1 Å². The van der Waals surface area contributed by atoms with Crippen molar-refractivity contribution in [2.45, 2.75) is 13.2 Å². The van der Waals surface area contributed by atoms with Gasteiger partial charge in [0.2, 0.25) is 0 Å². The van der Waals surface area contributed by atoms with Gasteiger partial charge in [-0.25, -0.2) is 0 Å². The van der Waals surface area contributed by atoms with Gasteiger partial charge in [0, 0.05) is 11.1 Å². The van der Waals surface area contributed by atoms with E-state index in [1.165, 1.54) is 0 Å². The molecule has 6 N–H and O–H groups in total. The van der Waals surface area contributed by atoms with Crippen LogP contribution in [0.5, 0.6) is 11.5 Å². The van der Waals surface area contributed by atoms with Crippen LogP contribution in [-0.4, -0.2) is 22.1 Å². The van der Waals surface area contributed by atoms with Gasteiger partial charge in [-0.15, -0.1) is 24.8 Å². The number of nitrogens with two attached hydrogens (primary N) is 2. The maximum Gasteiger partial charge on any atom is 0.170 e. The van der Waals surface area contributed by atoms with E-state index in [9.17, 15) is 0 Å². The minimum Gasteiger partial charge on any atom is -0.489 e. The van der Waals surface area contributed by atoms with Gasteiger partial charge in [0.25, 0.3) is 0 Å².